The van der Waals surface area contributed by atoms with Crippen LogP contribution in [0.3, 0.4) is 0 Å². The van der Waals surface area contributed by atoms with Gasteiger partial charge in [-0.15, -0.1) is 0 Å². The van der Waals surface area contributed by atoms with Gasteiger partial charge in [0, 0.05) is 17.1 Å². The molecule has 0 aliphatic carbocycles. The molecule has 4 heteroatoms. The summed E-state index contributed by atoms with van der Waals surface area (Å²) >= 11 is 0. The molecule has 1 heterocycles. The van der Waals surface area contributed by atoms with E-state index in [-0.39, 0.29) is 17.6 Å². The van der Waals surface area contributed by atoms with E-state index in [1.165, 1.54) is 6.20 Å². The number of carbonyl (C=O) groups excluding carboxylic acids is 1. The average molecular weight is 355 g/mol. The predicted octanol–water partition coefficient (Wildman–Crippen LogP) is 4.55. The minimum Gasteiger partial charge on any atom is -0.457 e. The van der Waals surface area contributed by atoms with Gasteiger partial charge < -0.3 is 9.72 Å². The molecule has 0 unspecified atom stereocenters. The van der Waals surface area contributed by atoms with Gasteiger partial charge in [0.25, 0.3) is 0 Å². The van der Waals surface area contributed by atoms with Gasteiger partial charge in [-0.3, -0.25) is 4.79 Å². The predicted molar refractivity (Wildman–Crippen MR) is 106 cm³/mol. The van der Waals surface area contributed by atoms with Crippen LogP contribution in [0.25, 0.3) is 22.0 Å². The van der Waals surface area contributed by atoms with Crippen LogP contribution in [0.1, 0.15) is 15.9 Å². The second kappa shape index (κ2) is 7.30. The van der Waals surface area contributed by atoms with Crippen molar-refractivity contribution < 1.29 is 9.53 Å². The molecule has 0 fully saturated rings. The highest BCUT2D eigenvalue weighted by atomic mass is 16.5. The summed E-state index contributed by atoms with van der Waals surface area (Å²) in [6.45, 7) is 0.111. The fourth-order valence-corrected chi connectivity index (χ4v) is 2.97. The average Bonchev–Trinajstić information content (AvgIpc) is 2.73. The summed E-state index contributed by atoms with van der Waals surface area (Å²) in [5, 5.41) is 0.471. The zero-order valence-electron chi connectivity index (χ0n) is 14.5. The second-order valence-electron chi connectivity index (χ2n) is 6.22. The number of aromatic nitrogens is 1. The molecule has 0 spiro atoms. The molecule has 0 amide bonds. The summed E-state index contributed by atoms with van der Waals surface area (Å²) in [4.78, 5) is 27.8. The first-order valence-corrected chi connectivity index (χ1v) is 8.64. The SMILES string of the molecule is O=C(OCc1ccc(-c2ccccc2)cc1)c1c[nH]c2ccccc2c1=O. The Balaban J connectivity index is 1.48. The van der Waals surface area contributed by atoms with Crippen LogP contribution in [0.5, 0.6) is 0 Å². The fraction of sp³-hybridized carbons (Fsp3) is 0.0435. The largest absolute Gasteiger partial charge is 0.457 e. The van der Waals surface area contributed by atoms with Crippen LogP contribution >= 0.6 is 0 Å². The van der Waals surface area contributed by atoms with Gasteiger partial charge in [0.1, 0.15) is 12.2 Å². The Bertz CT molecular complexity index is 1150. The summed E-state index contributed by atoms with van der Waals surface area (Å²) in [6, 6.07) is 24.9. The molecule has 132 valence electrons. The number of nitrogens with one attached hydrogen (secondary N) is 1. The van der Waals surface area contributed by atoms with Crippen LogP contribution in [0.15, 0.2) is 89.9 Å². The first-order chi connectivity index (χ1) is 13.2. The number of aromatic amines is 1. The standard InChI is InChI=1S/C23H17NO3/c25-22-19-8-4-5-9-21(19)24-14-20(22)23(26)27-15-16-10-12-18(13-11-16)17-6-2-1-3-7-17/h1-14H,15H2,(H,24,25). The number of ether oxygens (including phenoxy) is 1. The number of pyridine rings is 1. The second-order valence-corrected chi connectivity index (χ2v) is 6.22. The Morgan fingerprint density at radius 3 is 2.26 bits per heavy atom. The van der Waals surface area contributed by atoms with Crippen molar-refractivity contribution in [2.75, 3.05) is 0 Å². The maximum atomic E-state index is 12.5. The van der Waals surface area contributed by atoms with Crippen LogP contribution in [-0.4, -0.2) is 11.0 Å². The van der Waals surface area contributed by atoms with E-state index in [1.54, 1.807) is 18.2 Å². The van der Waals surface area contributed by atoms with Crippen LogP contribution in [0.2, 0.25) is 0 Å². The highest BCUT2D eigenvalue weighted by molar-refractivity contribution is 5.93. The van der Waals surface area contributed by atoms with Crippen LogP contribution in [0.4, 0.5) is 0 Å². The number of fused-ring (bicyclic) bond motifs is 1. The molecular formula is C23H17NO3. The van der Waals surface area contributed by atoms with Gasteiger partial charge in [-0.05, 0) is 28.8 Å². The van der Waals surface area contributed by atoms with E-state index in [0.717, 1.165) is 16.7 Å². The van der Waals surface area contributed by atoms with Crippen LogP contribution in [-0.2, 0) is 11.3 Å². The summed E-state index contributed by atoms with van der Waals surface area (Å²) in [5.74, 6) is -0.630. The molecule has 1 N–H and O–H groups in total. The summed E-state index contributed by atoms with van der Waals surface area (Å²) in [5.41, 5.74) is 3.46. The Hall–Kier alpha value is -3.66. The van der Waals surface area contributed by atoms with Gasteiger partial charge in [0.15, 0.2) is 0 Å². The minimum atomic E-state index is -0.630. The van der Waals surface area contributed by atoms with Crippen molar-refractivity contribution >= 4 is 16.9 Å². The molecule has 0 atom stereocenters. The quantitative estimate of drug-likeness (QED) is 0.546. The van der Waals surface area contributed by atoms with Crippen molar-refractivity contribution in [2.24, 2.45) is 0 Å². The highest BCUT2D eigenvalue weighted by Gasteiger charge is 2.14. The first-order valence-electron chi connectivity index (χ1n) is 8.64. The Kier molecular flexibility index (Phi) is 4.54. The molecule has 27 heavy (non-hydrogen) atoms. The van der Waals surface area contributed by atoms with Crippen molar-refractivity contribution in [3.63, 3.8) is 0 Å². The van der Waals surface area contributed by atoms with Gasteiger partial charge in [-0.1, -0.05) is 66.7 Å². The molecule has 4 rings (SSSR count). The lowest BCUT2D eigenvalue weighted by atomic mass is 10.0. The van der Waals surface area contributed by atoms with Gasteiger partial charge in [-0.2, -0.15) is 0 Å². The summed E-state index contributed by atoms with van der Waals surface area (Å²) < 4.78 is 5.33. The number of para-hydroxylation sites is 1. The third-order valence-electron chi connectivity index (χ3n) is 4.44. The topological polar surface area (TPSA) is 59.2 Å². The monoisotopic (exact) mass is 355 g/mol. The number of hydrogen-bond acceptors (Lipinski definition) is 3. The number of benzene rings is 3. The van der Waals surface area contributed by atoms with E-state index >= 15 is 0 Å². The molecule has 0 aliphatic rings. The third kappa shape index (κ3) is 3.51. The van der Waals surface area contributed by atoms with Crippen LogP contribution in [0, 0.1) is 0 Å². The summed E-state index contributed by atoms with van der Waals surface area (Å²) in [6.07, 6.45) is 1.41. The van der Waals surface area contributed by atoms with Crippen molar-refractivity contribution in [3.8, 4) is 11.1 Å². The minimum absolute atomic E-state index is 0.00889. The van der Waals surface area contributed by atoms with Crippen molar-refractivity contribution in [1.82, 2.24) is 4.98 Å². The highest BCUT2D eigenvalue weighted by Crippen LogP contribution is 2.19. The van der Waals surface area contributed by atoms with Gasteiger partial charge in [0.05, 0.1) is 0 Å². The van der Waals surface area contributed by atoms with E-state index in [2.05, 4.69) is 4.98 Å². The van der Waals surface area contributed by atoms with E-state index in [1.807, 2.05) is 60.7 Å². The Morgan fingerprint density at radius 2 is 1.48 bits per heavy atom. The first kappa shape index (κ1) is 16.8. The molecule has 4 aromatic rings. The van der Waals surface area contributed by atoms with Crippen molar-refractivity contribution in [2.45, 2.75) is 6.61 Å². The molecule has 1 aromatic heterocycles. The van der Waals surface area contributed by atoms with E-state index in [4.69, 9.17) is 4.74 Å². The normalized spacial score (nSPS) is 10.7. The Morgan fingerprint density at radius 1 is 0.815 bits per heavy atom. The zero-order valence-corrected chi connectivity index (χ0v) is 14.5. The van der Waals surface area contributed by atoms with E-state index in [9.17, 15) is 9.59 Å². The molecule has 0 radical (unpaired) electrons. The van der Waals surface area contributed by atoms with Gasteiger partial charge >= 0.3 is 5.97 Å². The molecule has 0 aliphatic heterocycles. The fourth-order valence-electron chi connectivity index (χ4n) is 2.97. The van der Waals surface area contributed by atoms with E-state index in [0.29, 0.717) is 10.9 Å². The third-order valence-corrected chi connectivity index (χ3v) is 4.44. The number of esters is 1. The maximum absolute atomic E-state index is 12.5. The number of carbonyl (C=O) groups is 1. The molecule has 4 nitrogen and oxygen atoms in total. The maximum Gasteiger partial charge on any atom is 0.343 e. The summed E-state index contributed by atoms with van der Waals surface area (Å²) in [7, 11) is 0. The van der Waals surface area contributed by atoms with Crippen molar-refractivity contribution in [3.05, 3.63) is 106 Å². The Labute approximate surface area is 156 Å². The van der Waals surface area contributed by atoms with Crippen LogP contribution < -0.4 is 5.43 Å². The van der Waals surface area contributed by atoms with Gasteiger partial charge in [0.2, 0.25) is 5.43 Å². The molecule has 0 saturated carbocycles. The lowest BCUT2D eigenvalue weighted by molar-refractivity contribution is 0.0471. The lowest BCUT2D eigenvalue weighted by Gasteiger charge is -2.07. The molecular weight excluding hydrogens is 338 g/mol. The molecule has 3 aromatic carbocycles. The lowest BCUT2D eigenvalue weighted by Crippen LogP contribution is -2.18. The van der Waals surface area contributed by atoms with E-state index < -0.39 is 5.97 Å². The molecule has 0 bridgehead atoms. The zero-order chi connectivity index (χ0) is 18.6. The smallest absolute Gasteiger partial charge is 0.343 e. The number of rotatable bonds is 4. The van der Waals surface area contributed by atoms with Crippen molar-refractivity contribution in [1.29, 1.82) is 0 Å². The van der Waals surface area contributed by atoms with Gasteiger partial charge in [-0.25, -0.2) is 4.79 Å². The number of H-pyrrole nitrogens is 1. The molecule has 0 saturated heterocycles. The number of hydrogen-bond donors (Lipinski definition) is 1.